The van der Waals surface area contributed by atoms with Crippen molar-refractivity contribution >= 4 is 45.9 Å². The molecule has 0 spiro atoms. The minimum atomic E-state index is -0.388. The number of anilines is 4. The molecular formula is C25H30N8O3S. The maximum absolute atomic E-state index is 12.3. The molecule has 2 aliphatic rings. The first-order chi connectivity index (χ1) is 17.9. The molecule has 5 rings (SSSR count). The number of esters is 1. The predicted octanol–water partition coefficient (Wildman–Crippen LogP) is 2.82. The Morgan fingerprint density at radius 2 is 1.97 bits per heavy atom. The molecule has 0 atom stereocenters. The van der Waals surface area contributed by atoms with E-state index in [4.69, 9.17) is 20.4 Å². The molecule has 0 bridgehead atoms. The molecule has 0 radical (unpaired) electrons. The molecule has 3 aromatic rings. The first kappa shape index (κ1) is 24.9. The Kier molecular flexibility index (Phi) is 7.17. The monoisotopic (exact) mass is 522 g/mol. The van der Waals surface area contributed by atoms with Gasteiger partial charge in [0.25, 0.3) is 0 Å². The van der Waals surface area contributed by atoms with Gasteiger partial charge in [-0.3, -0.25) is 15.1 Å². The highest BCUT2D eigenvalue weighted by molar-refractivity contribution is 7.17. The summed E-state index contributed by atoms with van der Waals surface area (Å²) in [5, 5.41) is 3.74. The van der Waals surface area contributed by atoms with Crippen molar-refractivity contribution in [3.8, 4) is 0 Å². The molecule has 0 unspecified atom stereocenters. The van der Waals surface area contributed by atoms with Gasteiger partial charge in [0, 0.05) is 50.1 Å². The number of carbonyl (C=O) groups is 2. The van der Waals surface area contributed by atoms with Gasteiger partial charge in [0.15, 0.2) is 5.13 Å². The van der Waals surface area contributed by atoms with Crippen molar-refractivity contribution < 1.29 is 14.3 Å². The molecular weight excluding hydrogens is 492 g/mol. The lowest BCUT2D eigenvalue weighted by Gasteiger charge is -2.32. The van der Waals surface area contributed by atoms with Crippen LogP contribution in [0.4, 0.5) is 22.7 Å². The number of hydrogen-bond acceptors (Lipinski definition) is 11. The highest BCUT2D eigenvalue weighted by Gasteiger charge is 2.31. The number of ether oxygens (including phenoxy) is 1. The minimum absolute atomic E-state index is 0.106. The van der Waals surface area contributed by atoms with E-state index in [9.17, 15) is 9.59 Å². The molecule has 1 saturated heterocycles. The second-order valence-electron chi connectivity index (χ2n) is 9.15. The van der Waals surface area contributed by atoms with Gasteiger partial charge in [-0.25, -0.2) is 9.78 Å². The van der Waals surface area contributed by atoms with Crippen LogP contribution in [0.5, 0.6) is 0 Å². The second-order valence-corrected chi connectivity index (χ2v) is 10.1. The topological polar surface area (TPSA) is 139 Å². The average Bonchev–Trinajstić information content (AvgIpc) is 3.47. The maximum Gasteiger partial charge on any atom is 0.350 e. The lowest BCUT2D eigenvalue weighted by atomic mass is 9.96. The molecule has 0 aromatic carbocycles. The van der Waals surface area contributed by atoms with E-state index in [0.717, 1.165) is 35.7 Å². The molecule has 2 aliphatic heterocycles. The van der Waals surface area contributed by atoms with Crippen molar-refractivity contribution in [2.45, 2.75) is 39.7 Å². The van der Waals surface area contributed by atoms with Gasteiger partial charge < -0.3 is 20.3 Å². The van der Waals surface area contributed by atoms with Crippen LogP contribution in [0.2, 0.25) is 0 Å². The van der Waals surface area contributed by atoms with Crippen molar-refractivity contribution in [1.82, 2.24) is 19.9 Å². The Labute approximate surface area is 219 Å². The molecule has 11 nitrogen and oxygen atoms in total. The molecule has 1 fully saturated rings. The SMILES string of the molecule is CCOC(=O)c1sc(Nc2nc(N3CCC(C(N)=O)CC3)c3c(n2)N(Cc2cccnc2)CC3)nc1C. The molecule has 0 aliphatic carbocycles. The fraction of sp³-hybridized carbons (Fsp3) is 0.440. The average molecular weight is 523 g/mol. The van der Waals surface area contributed by atoms with Gasteiger partial charge in [-0.2, -0.15) is 9.97 Å². The van der Waals surface area contributed by atoms with Gasteiger partial charge in [0.1, 0.15) is 16.5 Å². The lowest BCUT2D eigenvalue weighted by Crippen LogP contribution is -2.39. The number of rotatable bonds is 8. The summed E-state index contributed by atoms with van der Waals surface area (Å²) in [6.45, 7) is 6.75. The number of piperidine rings is 1. The van der Waals surface area contributed by atoms with Crippen LogP contribution >= 0.6 is 11.3 Å². The van der Waals surface area contributed by atoms with Crippen LogP contribution < -0.4 is 20.9 Å². The second kappa shape index (κ2) is 10.7. The maximum atomic E-state index is 12.3. The molecule has 37 heavy (non-hydrogen) atoms. The number of carbonyl (C=O) groups excluding carboxylic acids is 2. The van der Waals surface area contributed by atoms with Crippen LogP contribution in [0.1, 0.15) is 46.3 Å². The van der Waals surface area contributed by atoms with Crippen molar-refractivity contribution in [3.05, 3.63) is 46.2 Å². The van der Waals surface area contributed by atoms with Gasteiger partial charge in [0.2, 0.25) is 11.9 Å². The van der Waals surface area contributed by atoms with Crippen LogP contribution in [-0.2, 0) is 22.5 Å². The Bertz CT molecular complexity index is 1290. The first-order valence-electron chi connectivity index (χ1n) is 12.4. The van der Waals surface area contributed by atoms with E-state index in [1.807, 2.05) is 12.3 Å². The van der Waals surface area contributed by atoms with E-state index in [1.165, 1.54) is 11.3 Å². The molecule has 194 valence electrons. The predicted molar refractivity (Wildman–Crippen MR) is 141 cm³/mol. The summed E-state index contributed by atoms with van der Waals surface area (Å²) in [5.74, 6) is 1.41. The summed E-state index contributed by atoms with van der Waals surface area (Å²) in [6.07, 6.45) is 5.85. The Balaban J connectivity index is 1.46. The first-order valence-corrected chi connectivity index (χ1v) is 13.2. The third-order valence-electron chi connectivity index (χ3n) is 6.66. The number of pyridine rings is 1. The fourth-order valence-corrected chi connectivity index (χ4v) is 5.64. The van der Waals surface area contributed by atoms with Crippen molar-refractivity contribution in [2.75, 3.05) is 41.4 Å². The molecule has 5 heterocycles. The van der Waals surface area contributed by atoms with E-state index in [1.54, 1.807) is 20.0 Å². The smallest absolute Gasteiger partial charge is 0.350 e. The van der Waals surface area contributed by atoms with E-state index in [2.05, 4.69) is 31.2 Å². The zero-order chi connectivity index (χ0) is 25.9. The third-order valence-corrected chi connectivity index (χ3v) is 7.72. The number of amides is 1. The number of aromatic nitrogens is 4. The van der Waals surface area contributed by atoms with E-state index in [-0.39, 0.29) is 17.8 Å². The standard InChI is InChI=1S/C25H30N8O3S/c1-3-36-23(35)19-15(2)28-25(37-19)31-24-29-21(32-10-6-17(7-11-32)20(26)34)18-8-12-33(22(18)30-24)14-16-5-4-9-27-13-16/h4-5,9,13,17H,3,6-8,10-12,14H2,1-2H3,(H2,26,34)(H,28,29,30,31). The van der Waals surface area contributed by atoms with Crippen molar-refractivity contribution in [1.29, 1.82) is 0 Å². The highest BCUT2D eigenvalue weighted by Crippen LogP contribution is 2.37. The normalized spacial score (nSPS) is 15.5. The third kappa shape index (κ3) is 5.33. The Morgan fingerprint density at radius 1 is 1.19 bits per heavy atom. The number of primary amides is 1. The zero-order valence-corrected chi connectivity index (χ0v) is 21.8. The minimum Gasteiger partial charge on any atom is -0.462 e. The number of thiazole rings is 1. The van der Waals surface area contributed by atoms with Crippen LogP contribution in [-0.4, -0.2) is 58.1 Å². The summed E-state index contributed by atoms with van der Waals surface area (Å²) < 4.78 is 5.15. The molecule has 1 amide bonds. The van der Waals surface area contributed by atoms with Crippen molar-refractivity contribution in [2.24, 2.45) is 11.7 Å². The number of nitrogens with one attached hydrogen (secondary N) is 1. The molecule has 3 N–H and O–H groups in total. The number of nitrogens with zero attached hydrogens (tertiary/aromatic N) is 6. The number of hydrogen-bond donors (Lipinski definition) is 2. The van der Waals surface area contributed by atoms with Gasteiger partial charge in [0.05, 0.1) is 12.3 Å². The summed E-state index contributed by atoms with van der Waals surface area (Å²) in [6, 6.07) is 3.98. The Hall–Kier alpha value is -3.80. The lowest BCUT2D eigenvalue weighted by molar-refractivity contribution is -0.122. The van der Waals surface area contributed by atoms with Crippen LogP contribution in [0.3, 0.4) is 0 Å². The van der Waals surface area contributed by atoms with Gasteiger partial charge in [-0.1, -0.05) is 17.4 Å². The van der Waals surface area contributed by atoms with Crippen LogP contribution in [0.25, 0.3) is 0 Å². The molecule has 3 aromatic heterocycles. The summed E-state index contributed by atoms with van der Waals surface area (Å²) in [4.78, 5) is 47.4. The highest BCUT2D eigenvalue weighted by atomic mass is 32.1. The largest absolute Gasteiger partial charge is 0.462 e. The number of fused-ring (bicyclic) bond motifs is 1. The van der Waals surface area contributed by atoms with Gasteiger partial charge in [-0.05, 0) is 44.7 Å². The summed E-state index contributed by atoms with van der Waals surface area (Å²) in [5.41, 5.74) is 8.34. The van der Waals surface area contributed by atoms with E-state index >= 15 is 0 Å². The summed E-state index contributed by atoms with van der Waals surface area (Å²) >= 11 is 1.22. The van der Waals surface area contributed by atoms with Crippen molar-refractivity contribution in [3.63, 3.8) is 0 Å². The quantitative estimate of drug-likeness (QED) is 0.424. The van der Waals surface area contributed by atoms with Crippen LogP contribution in [0, 0.1) is 12.8 Å². The fourth-order valence-electron chi connectivity index (χ4n) is 4.79. The van der Waals surface area contributed by atoms with Gasteiger partial charge in [-0.15, -0.1) is 0 Å². The zero-order valence-electron chi connectivity index (χ0n) is 20.9. The van der Waals surface area contributed by atoms with Crippen LogP contribution in [0.15, 0.2) is 24.5 Å². The summed E-state index contributed by atoms with van der Waals surface area (Å²) in [7, 11) is 0. The Morgan fingerprint density at radius 3 is 2.68 bits per heavy atom. The number of nitrogens with two attached hydrogens (primary N) is 1. The number of aryl methyl sites for hydroxylation is 1. The molecule has 12 heteroatoms. The van der Waals surface area contributed by atoms with Gasteiger partial charge >= 0.3 is 5.97 Å². The molecule has 0 saturated carbocycles. The van der Waals surface area contributed by atoms with E-state index < -0.39 is 0 Å². The van der Waals surface area contributed by atoms with E-state index in [0.29, 0.717) is 60.7 Å².